The molecule has 0 aliphatic heterocycles. The summed E-state index contributed by atoms with van der Waals surface area (Å²) < 4.78 is 51.3. The van der Waals surface area contributed by atoms with Crippen LogP contribution in [0.5, 0.6) is 0 Å². The average molecular weight is 257 g/mol. The average Bonchev–Trinajstić information content (AvgIpc) is 2.27. The number of alkyl halides is 3. The summed E-state index contributed by atoms with van der Waals surface area (Å²) >= 11 is 0. The molecule has 0 fully saturated rings. The van der Waals surface area contributed by atoms with Crippen LogP contribution in [0.15, 0.2) is 24.4 Å². The number of rotatable bonds is 1. The summed E-state index contributed by atoms with van der Waals surface area (Å²) in [6.45, 7) is 3.87. The van der Waals surface area contributed by atoms with E-state index in [4.69, 9.17) is 0 Å². The third-order valence-corrected chi connectivity index (χ3v) is 2.78. The smallest absolute Gasteiger partial charge is 0.253 e. The van der Waals surface area contributed by atoms with Gasteiger partial charge in [0.2, 0.25) is 0 Å². The third-order valence-electron chi connectivity index (χ3n) is 2.78. The zero-order valence-corrected chi connectivity index (χ0v) is 9.85. The Hall–Kier alpha value is -1.65. The van der Waals surface area contributed by atoms with E-state index < -0.39 is 17.6 Å². The lowest BCUT2D eigenvalue weighted by atomic mass is 10.0. The number of aromatic nitrogens is 1. The molecular weight excluding hydrogens is 246 g/mol. The van der Waals surface area contributed by atoms with Gasteiger partial charge < -0.3 is 0 Å². The van der Waals surface area contributed by atoms with Crippen molar-refractivity contribution in [2.75, 3.05) is 0 Å². The largest absolute Gasteiger partial charge is 0.419 e. The summed E-state index contributed by atoms with van der Waals surface area (Å²) in [5.41, 5.74) is -0.657. The molecule has 1 aromatic heterocycles. The maximum Gasteiger partial charge on any atom is 0.419 e. The highest BCUT2D eigenvalue weighted by molar-refractivity contribution is 5.80. The Balaban J connectivity index is 2.67. The SMILES string of the molecule is CC(C)c1cnc2c(F)c(C(F)(F)F)ccc2c1. The van der Waals surface area contributed by atoms with Crippen molar-refractivity contribution in [3.63, 3.8) is 0 Å². The van der Waals surface area contributed by atoms with Crippen LogP contribution in [0.25, 0.3) is 10.9 Å². The normalized spacial score (nSPS) is 12.4. The first-order valence-electron chi connectivity index (χ1n) is 5.46. The lowest BCUT2D eigenvalue weighted by Gasteiger charge is -2.11. The number of fused-ring (bicyclic) bond motifs is 1. The summed E-state index contributed by atoms with van der Waals surface area (Å²) in [5.74, 6) is -1.12. The van der Waals surface area contributed by atoms with E-state index in [0.717, 1.165) is 11.6 Å². The summed E-state index contributed by atoms with van der Waals surface area (Å²) in [7, 11) is 0. The van der Waals surface area contributed by atoms with E-state index in [2.05, 4.69) is 4.98 Å². The molecule has 18 heavy (non-hydrogen) atoms. The highest BCUT2D eigenvalue weighted by Crippen LogP contribution is 2.34. The lowest BCUT2D eigenvalue weighted by molar-refractivity contribution is -0.139. The van der Waals surface area contributed by atoms with Crippen molar-refractivity contribution in [2.24, 2.45) is 0 Å². The third kappa shape index (κ3) is 2.17. The summed E-state index contributed by atoms with van der Waals surface area (Å²) in [4.78, 5) is 3.80. The fourth-order valence-electron chi connectivity index (χ4n) is 1.72. The molecule has 0 saturated carbocycles. The quantitative estimate of drug-likeness (QED) is 0.684. The van der Waals surface area contributed by atoms with Gasteiger partial charge in [-0.05, 0) is 23.6 Å². The zero-order chi connectivity index (χ0) is 13.5. The molecule has 0 amide bonds. The van der Waals surface area contributed by atoms with E-state index in [1.807, 2.05) is 13.8 Å². The Morgan fingerprint density at radius 3 is 2.39 bits per heavy atom. The van der Waals surface area contributed by atoms with E-state index >= 15 is 0 Å². The maximum atomic E-state index is 13.7. The highest BCUT2D eigenvalue weighted by Gasteiger charge is 2.34. The maximum absolute atomic E-state index is 13.7. The molecule has 0 N–H and O–H groups in total. The monoisotopic (exact) mass is 257 g/mol. The number of halogens is 4. The number of pyridine rings is 1. The molecular formula is C13H11F4N. The van der Waals surface area contributed by atoms with Gasteiger partial charge in [0.15, 0.2) is 5.82 Å². The van der Waals surface area contributed by atoms with E-state index in [-0.39, 0.29) is 11.4 Å². The standard InChI is InChI=1S/C13H11F4N/c1-7(2)9-5-8-3-4-10(13(15,16)17)11(14)12(8)18-6-9/h3-7H,1-2H3. The molecule has 1 aromatic carbocycles. The fourth-order valence-corrected chi connectivity index (χ4v) is 1.72. The highest BCUT2D eigenvalue weighted by atomic mass is 19.4. The first-order valence-corrected chi connectivity index (χ1v) is 5.46. The van der Waals surface area contributed by atoms with Crippen LogP contribution >= 0.6 is 0 Å². The zero-order valence-electron chi connectivity index (χ0n) is 9.85. The summed E-state index contributed by atoms with van der Waals surface area (Å²) in [6, 6.07) is 3.67. The summed E-state index contributed by atoms with van der Waals surface area (Å²) in [5, 5.41) is 0.381. The van der Waals surface area contributed by atoms with Crippen molar-refractivity contribution in [1.29, 1.82) is 0 Å². The van der Waals surface area contributed by atoms with E-state index in [9.17, 15) is 17.6 Å². The Bertz CT molecular complexity index is 587. The Morgan fingerprint density at radius 1 is 1.17 bits per heavy atom. The van der Waals surface area contributed by atoms with Crippen LogP contribution in [0.2, 0.25) is 0 Å². The number of benzene rings is 1. The number of hydrogen-bond acceptors (Lipinski definition) is 1. The minimum Gasteiger partial charge on any atom is -0.253 e. The van der Waals surface area contributed by atoms with Gasteiger partial charge in [0, 0.05) is 11.6 Å². The first-order chi connectivity index (χ1) is 8.30. The first kappa shape index (κ1) is 12.8. The number of hydrogen-bond donors (Lipinski definition) is 0. The van der Waals surface area contributed by atoms with Crippen LogP contribution in [-0.2, 0) is 6.18 Å². The van der Waals surface area contributed by atoms with Gasteiger partial charge in [-0.1, -0.05) is 19.9 Å². The van der Waals surface area contributed by atoms with E-state index in [1.54, 1.807) is 6.07 Å². The molecule has 2 aromatic rings. The van der Waals surface area contributed by atoms with Crippen molar-refractivity contribution in [3.05, 3.63) is 41.3 Å². The molecule has 1 heterocycles. The molecule has 0 aliphatic rings. The van der Waals surface area contributed by atoms with Gasteiger partial charge in [-0.25, -0.2) is 4.39 Å². The minimum atomic E-state index is -4.70. The van der Waals surface area contributed by atoms with Gasteiger partial charge in [0.05, 0.1) is 5.56 Å². The van der Waals surface area contributed by atoms with Gasteiger partial charge in [-0.3, -0.25) is 4.98 Å². The molecule has 96 valence electrons. The molecule has 5 heteroatoms. The lowest BCUT2D eigenvalue weighted by Crippen LogP contribution is -2.08. The second-order valence-electron chi connectivity index (χ2n) is 4.42. The Labute approximate surface area is 101 Å². The van der Waals surface area contributed by atoms with Crippen LogP contribution in [0.3, 0.4) is 0 Å². The topological polar surface area (TPSA) is 12.9 Å². The molecule has 0 aliphatic carbocycles. The number of nitrogens with zero attached hydrogens (tertiary/aromatic N) is 1. The predicted molar refractivity (Wildman–Crippen MR) is 60.8 cm³/mol. The van der Waals surface area contributed by atoms with Gasteiger partial charge in [0.25, 0.3) is 0 Å². The van der Waals surface area contributed by atoms with E-state index in [0.29, 0.717) is 5.39 Å². The van der Waals surface area contributed by atoms with Crippen LogP contribution in [-0.4, -0.2) is 4.98 Å². The minimum absolute atomic E-state index is 0.187. The fraction of sp³-hybridized carbons (Fsp3) is 0.308. The van der Waals surface area contributed by atoms with Crippen molar-refractivity contribution < 1.29 is 17.6 Å². The van der Waals surface area contributed by atoms with Crippen molar-refractivity contribution in [2.45, 2.75) is 25.9 Å². The molecule has 0 saturated heterocycles. The molecule has 0 atom stereocenters. The molecule has 0 unspecified atom stereocenters. The molecule has 2 rings (SSSR count). The Kier molecular flexibility index (Phi) is 3.00. The van der Waals surface area contributed by atoms with Crippen LogP contribution in [0.4, 0.5) is 17.6 Å². The molecule has 0 spiro atoms. The van der Waals surface area contributed by atoms with Crippen LogP contribution in [0, 0.1) is 5.82 Å². The van der Waals surface area contributed by atoms with Crippen molar-refractivity contribution >= 4 is 10.9 Å². The van der Waals surface area contributed by atoms with Crippen molar-refractivity contribution in [1.82, 2.24) is 4.98 Å². The van der Waals surface area contributed by atoms with Gasteiger partial charge in [-0.15, -0.1) is 0 Å². The molecule has 1 nitrogen and oxygen atoms in total. The predicted octanol–water partition coefficient (Wildman–Crippen LogP) is 4.52. The van der Waals surface area contributed by atoms with Gasteiger partial charge in [-0.2, -0.15) is 13.2 Å². The Morgan fingerprint density at radius 2 is 1.83 bits per heavy atom. The summed E-state index contributed by atoms with van der Waals surface area (Å²) in [6.07, 6.45) is -3.28. The second-order valence-corrected chi connectivity index (χ2v) is 4.42. The molecule has 0 radical (unpaired) electrons. The van der Waals surface area contributed by atoms with Crippen LogP contribution < -0.4 is 0 Å². The second kappa shape index (κ2) is 4.23. The van der Waals surface area contributed by atoms with Gasteiger partial charge in [0.1, 0.15) is 5.52 Å². The van der Waals surface area contributed by atoms with Gasteiger partial charge >= 0.3 is 6.18 Å². The van der Waals surface area contributed by atoms with Crippen molar-refractivity contribution in [3.8, 4) is 0 Å². The van der Waals surface area contributed by atoms with Crippen LogP contribution in [0.1, 0.15) is 30.9 Å². The van der Waals surface area contributed by atoms with E-state index in [1.165, 1.54) is 12.3 Å². The molecule has 0 bridgehead atoms.